The lowest BCUT2D eigenvalue weighted by Gasteiger charge is -2.16. The van der Waals surface area contributed by atoms with E-state index in [2.05, 4.69) is 26.6 Å². The number of benzene rings is 1. The SMILES string of the molecule is Cn1c(=O)n(Cc2ccc(-c3nnc(C(F)F)o3)cn2)c(=O)c2ccc(C3=CCNCC3)cc21.O=C(O)C(F)(F)F. The number of nitrogens with zero attached hydrogens (tertiary/aromatic N) is 5. The summed E-state index contributed by atoms with van der Waals surface area (Å²) in [6, 6.07) is 8.66. The Morgan fingerprint density at radius 2 is 1.85 bits per heavy atom. The van der Waals surface area contributed by atoms with Gasteiger partial charge in [0.1, 0.15) is 0 Å². The van der Waals surface area contributed by atoms with Gasteiger partial charge < -0.3 is 14.8 Å². The summed E-state index contributed by atoms with van der Waals surface area (Å²) in [5, 5.41) is 17.7. The molecule has 0 spiro atoms. The van der Waals surface area contributed by atoms with Crippen molar-refractivity contribution in [2.24, 2.45) is 7.05 Å². The van der Waals surface area contributed by atoms with Gasteiger partial charge in [0.05, 0.1) is 28.7 Å². The van der Waals surface area contributed by atoms with Crippen molar-refractivity contribution in [3.63, 3.8) is 0 Å². The average molecular weight is 580 g/mol. The van der Waals surface area contributed by atoms with Gasteiger partial charge in [-0.2, -0.15) is 22.0 Å². The van der Waals surface area contributed by atoms with Crippen molar-refractivity contribution in [2.45, 2.75) is 25.6 Å². The molecule has 216 valence electrons. The third kappa shape index (κ3) is 6.54. The summed E-state index contributed by atoms with van der Waals surface area (Å²) < 4.78 is 64.5. The molecule has 0 aliphatic carbocycles. The molecule has 1 aliphatic heterocycles. The van der Waals surface area contributed by atoms with Crippen LogP contribution in [-0.4, -0.2) is 54.7 Å². The zero-order valence-electron chi connectivity index (χ0n) is 21.2. The van der Waals surface area contributed by atoms with E-state index in [0.29, 0.717) is 22.2 Å². The number of carbonyl (C=O) groups is 1. The molecule has 11 nitrogen and oxygen atoms in total. The average Bonchev–Trinajstić information content (AvgIpc) is 3.45. The summed E-state index contributed by atoms with van der Waals surface area (Å²) >= 11 is 0. The number of rotatable bonds is 5. The Bertz CT molecular complexity index is 1720. The molecule has 1 aliphatic rings. The Labute approximate surface area is 226 Å². The largest absolute Gasteiger partial charge is 0.490 e. The van der Waals surface area contributed by atoms with E-state index in [9.17, 15) is 31.5 Å². The van der Waals surface area contributed by atoms with Crippen molar-refractivity contribution in [3.8, 4) is 11.5 Å². The number of halogens is 5. The van der Waals surface area contributed by atoms with Crippen LogP contribution in [0.15, 0.2) is 56.6 Å². The maximum Gasteiger partial charge on any atom is 0.490 e. The van der Waals surface area contributed by atoms with Crippen LogP contribution in [0.25, 0.3) is 27.9 Å². The summed E-state index contributed by atoms with van der Waals surface area (Å²) in [5.74, 6) is -3.62. The molecule has 2 N–H and O–H groups in total. The summed E-state index contributed by atoms with van der Waals surface area (Å²) in [4.78, 5) is 39.3. The molecule has 0 bridgehead atoms. The highest BCUT2D eigenvalue weighted by atomic mass is 19.4. The van der Waals surface area contributed by atoms with Gasteiger partial charge in [0.15, 0.2) is 0 Å². The Hall–Kier alpha value is -4.73. The molecule has 0 amide bonds. The number of aliphatic carboxylic acids is 1. The second-order valence-electron chi connectivity index (χ2n) is 8.74. The predicted molar refractivity (Wildman–Crippen MR) is 134 cm³/mol. The first-order valence-corrected chi connectivity index (χ1v) is 11.9. The molecule has 0 fully saturated rings. The van der Waals surface area contributed by atoms with Crippen LogP contribution < -0.4 is 16.6 Å². The molecule has 4 aromatic rings. The molecule has 0 radical (unpaired) electrons. The number of hydrogen-bond donors (Lipinski definition) is 2. The highest BCUT2D eigenvalue weighted by Gasteiger charge is 2.38. The summed E-state index contributed by atoms with van der Waals surface area (Å²) in [7, 11) is 1.63. The highest BCUT2D eigenvalue weighted by molar-refractivity contribution is 5.83. The van der Waals surface area contributed by atoms with Crippen molar-refractivity contribution in [3.05, 3.63) is 80.6 Å². The fourth-order valence-corrected chi connectivity index (χ4v) is 3.98. The van der Waals surface area contributed by atoms with E-state index >= 15 is 0 Å². The highest BCUT2D eigenvalue weighted by Crippen LogP contribution is 2.24. The van der Waals surface area contributed by atoms with Crippen molar-refractivity contribution >= 4 is 22.4 Å². The van der Waals surface area contributed by atoms with E-state index in [4.69, 9.17) is 14.3 Å². The van der Waals surface area contributed by atoms with E-state index in [1.807, 2.05) is 12.1 Å². The second-order valence-corrected chi connectivity index (χ2v) is 8.74. The molecule has 4 heterocycles. The van der Waals surface area contributed by atoms with Gasteiger partial charge in [-0.1, -0.05) is 12.1 Å². The first-order chi connectivity index (χ1) is 19.4. The van der Waals surface area contributed by atoms with E-state index in [0.717, 1.165) is 29.6 Å². The van der Waals surface area contributed by atoms with Crippen LogP contribution in [0.3, 0.4) is 0 Å². The quantitative estimate of drug-likeness (QED) is 0.340. The zero-order valence-corrected chi connectivity index (χ0v) is 21.2. The lowest BCUT2D eigenvalue weighted by molar-refractivity contribution is -0.192. The fourth-order valence-electron chi connectivity index (χ4n) is 3.98. The molecule has 0 saturated carbocycles. The third-order valence-corrected chi connectivity index (χ3v) is 6.05. The number of fused-ring (bicyclic) bond motifs is 1. The van der Waals surface area contributed by atoms with Gasteiger partial charge in [-0.15, -0.1) is 10.2 Å². The van der Waals surface area contributed by atoms with Gasteiger partial charge in [-0.3, -0.25) is 18.9 Å². The number of pyridine rings is 1. The van der Waals surface area contributed by atoms with Gasteiger partial charge >= 0.3 is 24.3 Å². The molecule has 16 heteroatoms. The Morgan fingerprint density at radius 3 is 2.41 bits per heavy atom. The summed E-state index contributed by atoms with van der Waals surface area (Å²) in [6.07, 6.45) is -3.59. The van der Waals surface area contributed by atoms with Gasteiger partial charge in [0.2, 0.25) is 5.89 Å². The first kappa shape index (κ1) is 29.3. The number of alkyl halides is 5. The molecule has 0 atom stereocenters. The minimum absolute atomic E-state index is 0.0492. The minimum Gasteiger partial charge on any atom is -0.475 e. The molecule has 0 saturated heterocycles. The van der Waals surface area contributed by atoms with Crippen LogP contribution in [0.2, 0.25) is 0 Å². The Morgan fingerprint density at radius 1 is 1.15 bits per heavy atom. The topological polar surface area (TPSA) is 145 Å². The van der Waals surface area contributed by atoms with Crippen LogP contribution in [0.4, 0.5) is 22.0 Å². The number of hydrogen-bond acceptors (Lipinski definition) is 8. The minimum atomic E-state index is -5.08. The number of aromatic nitrogens is 5. The second kappa shape index (κ2) is 11.8. The molecule has 1 aromatic carbocycles. The zero-order chi connectivity index (χ0) is 29.9. The van der Waals surface area contributed by atoms with Crippen molar-refractivity contribution in [2.75, 3.05) is 13.1 Å². The normalized spacial score (nSPS) is 13.6. The summed E-state index contributed by atoms with van der Waals surface area (Å²) in [6.45, 7) is 1.63. The van der Waals surface area contributed by atoms with E-state index in [1.165, 1.54) is 16.3 Å². The lowest BCUT2D eigenvalue weighted by Crippen LogP contribution is -2.39. The van der Waals surface area contributed by atoms with Gasteiger partial charge in [0, 0.05) is 19.8 Å². The van der Waals surface area contributed by atoms with Gasteiger partial charge in [-0.25, -0.2) is 9.59 Å². The Kier molecular flexibility index (Phi) is 8.41. The van der Waals surface area contributed by atoms with E-state index in [1.54, 1.807) is 25.2 Å². The molecule has 5 rings (SSSR count). The number of aryl methyl sites for hydroxylation is 1. The van der Waals surface area contributed by atoms with Crippen LogP contribution >= 0.6 is 0 Å². The van der Waals surface area contributed by atoms with Gasteiger partial charge in [0.25, 0.3) is 11.4 Å². The van der Waals surface area contributed by atoms with Crippen LogP contribution in [0.5, 0.6) is 0 Å². The standard InChI is InChI=1S/C23H20F2N6O3.C2HF3O2/c1-30-18-10-14(13-6-8-26-9-7-13)3-5-17(18)22(32)31(23(30)33)12-16-4-2-15(11-27-16)20-28-29-21(34-20)19(24)25;3-2(4,5)1(6)7/h2-6,10-11,19,26H,7-9,12H2,1H3;(H,6,7). The molecular formula is C25H21F5N6O5. The predicted octanol–water partition coefficient (Wildman–Crippen LogP) is 3.14. The fraction of sp³-hybridized carbons (Fsp3) is 0.280. The maximum absolute atomic E-state index is 13.1. The van der Waals surface area contributed by atoms with Crippen molar-refractivity contribution in [1.82, 2.24) is 29.6 Å². The monoisotopic (exact) mass is 580 g/mol. The number of carboxylic acid groups (broad SMARTS) is 1. The molecule has 41 heavy (non-hydrogen) atoms. The number of nitrogens with one attached hydrogen (secondary N) is 1. The first-order valence-electron chi connectivity index (χ1n) is 11.9. The summed E-state index contributed by atoms with van der Waals surface area (Å²) in [5.41, 5.74) is 2.66. The van der Waals surface area contributed by atoms with Crippen LogP contribution in [0, 0.1) is 0 Å². The third-order valence-electron chi connectivity index (χ3n) is 6.05. The lowest BCUT2D eigenvalue weighted by atomic mass is 9.99. The number of carboxylic acids is 1. The molecular weight excluding hydrogens is 559 g/mol. The van der Waals surface area contributed by atoms with Crippen molar-refractivity contribution < 1.29 is 36.3 Å². The Balaban J connectivity index is 0.000000493. The van der Waals surface area contributed by atoms with E-state index < -0.39 is 35.7 Å². The van der Waals surface area contributed by atoms with Crippen molar-refractivity contribution in [1.29, 1.82) is 0 Å². The van der Waals surface area contributed by atoms with Crippen LogP contribution in [-0.2, 0) is 18.4 Å². The molecule has 3 aromatic heterocycles. The molecule has 0 unspecified atom stereocenters. The smallest absolute Gasteiger partial charge is 0.475 e. The maximum atomic E-state index is 13.1. The van der Waals surface area contributed by atoms with E-state index in [-0.39, 0.29) is 12.4 Å². The van der Waals surface area contributed by atoms with Gasteiger partial charge in [-0.05, 0) is 48.4 Å². The van der Waals surface area contributed by atoms with Crippen LogP contribution in [0.1, 0.15) is 30.0 Å².